The summed E-state index contributed by atoms with van der Waals surface area (Å²) in [7, 11) is 0. The van der Waals surface area contributed by atoms with Gasteiger partial charge < -0.3 is 20.2 Å². The Bertz CT molecular complexity index is 725. The summed E-state index contributed by atoms with van der Waals surface area (Å²) in [6.07, 6.45) is 0.838. The Kier molecular flexibility index (Phi) is 9.05. The lowest BCUT2D eigenvalue weighted by atomic mass is 9.96. The van der Waals surface area contributed by atoms with Gasteiger partial charge in [0.1, 0.15) is 17.1 Å². The Balaban J connectivity index is 0.00000338. The predicted octanol–water partition coefficient (Wildman–Crippen LogP) is 3.28. The molecule has 2 aromatic heterocycles. The number of hydrogen-bond acceptors (Lipinski definition) is 5. The van der Waals surface area contributed by atoms with Crippen LogP contribution in [0.5, 0.6) is 0 Å². The van der Waals surface area contributed by atoms with Crippen molar-refractivity contribution in [2.24, 2.45) is 4.99 Å². The molecule has 0 radical (unpaired) electrons. The number of aromatic nitrogens is 1. The Hall–Kier alpha value is -1.13. The molecule has 0 amide bonds. The summed E-state index contributed by atoms with van der Waals surface area (Å²) in [5, 5.41) is 20.4. The molecule has 0 aliphatic carbocycles. The summed E-state index contributed by atoms with van der Waals surface area (Å²) in [6.45, 7) is 11.3. The minimum Gasteiger partial charge on any atom is -0.466 e. The molecule has 0 spiro atoms. The van der Waals surface area contributed by atoms with Gasteiger partial charge >= 0.3 is 0 Å². The number of furan rings is 1. The van der Waals surface area contributed by atoms with Crippen LogP contribution in [0.1, 0.15) is 41.6 Å². The normalized spacial score (nSPS) is 13.8. The van der Waals surface area contributed by atoms with Gasteiger partial charge in [0.2, 0.25) is 0 Å². The van der Waals surface area contributed by atoms with Crippen molar-refractivity contribution in [2.45, 2.75) is 46.6 Å². The number of rotatable bonds is 7. The first-order chi connectivity index (χ1) is 11.8. The zero-order chi connectivity index (χ0) is 18.4. The van der Waals surface area contributed by atoms with Crippen LogP contribution in [-0.2, 0) is 12.0 Å². The highest BCUT2D eigenvalue weighted by Gasteiger charge is 2.27. The molecule has 1 atom stereocenters. The molecule has 1 unspecified atom stereocenters. The maximum absolute atomic E-state index is 10.8. The number of halogens is 1. The highest BCUT2D eigenvalue weighted by molar-refractivity contribution is 14.0. The van der Waals surface area contributed by atoms with E-state index in [0.29, 0.717) is 5.96 Å². The van der Waals surface area contributed by atoms with Crippen molar-refractivity contribution in [3.63, 3.8) is 0 Å². The second kappa shape index (κ2) is 10.3. The van der Waals surface area contributed by atoms with Crippen molar-refractivity contribution in [1.29, 1.82) is 0 Å². The molecule has 2 rings (SSSR count). The number of nitrogens with zero attached hydrogens (tertiary/aromatic N) is 2. The van der Waals surface area contributed by atoms with E-state index in [1.165, 1.54) is 0 Å². The molecule has 0 aliphatic rings. The number of guanidine groups is 1. The van der Waals surface area contributed by atoms with E-state index in [4.69, 9.17) is 4.42 Å². The molecule has 26 heavy (non-hydrogen) atoms. The highest BCUT2D eigenvalue weighted by Crippen LogP contribution is 2.27. The smallest absolute Gasteiger partial charge is 0.191 e. The van der Waals surface area contributed by atoms with E-state index in [1.54, 1.807) is 18.3 Å². The van der Waals surface area contributed by atoms with Crippen molar-refractivity contribution in [3.8, 4) is 0 Å². The monoisotopic (exact) mass is 492 g/mol. The standard InChI is InChI=1S/C18H28N4O2S.HI/c1-6-19-17(20-8-7-15-10-25-14(4)22-15)21-11-18(5,23)16-9-12(2)24-13(16)3;/h9-10,23H,6-8,11H2,1-5H3,(H2,19,20,21);1H. The fraction of sp³-hybridized carbons (Fsp3) is 0.556. The van der Waals surface area contributed by atoms with Gasteiger partial charge in [-0.05, 0) is 40.7 Å². The zero-order valence-corrected chi connectivity index (χ0v) is 19.2. The molecule has 8 heteroatoms. The minimum atomic E-state index is -1.07. The lowest BCUT2D eigenvalue weighted by Gasteiger charge is -2.21. The van der Waals surface area contributed by atoms with Crippen molar-refractivity contribution in [2.75, 3.05) is 19.6 Å². The molecular formula is C18H29IN4O2S. The van der Waals surface area contributed by atoms with Gasteiger partial charge in [-0.15, -0.1) is 35.3 Å². The average molecular weight is 492 g/mol. The van der Waals surface area contributed by atoms with E-state index in [9.17, 15) is 5.11 Å². The topological polar surface area (TPSA) is 82.7 Å². The maximum Gasteiger partial charge on any atom is 0.191 e. The summed E-state index contributed by atoms with van der Waals surface area (Å²) in [5.41, 5.74) is 0.792. The van der Waals surface area contributed by atoms with Crippen molar-refractivity contribution in [1.82, 2.24) is 15.6 Å². The van der Waals surface area contributed by atoms with Crippen LogP contribution in [-0.4, -0.2) is 35.7 Å². The van der Waals surface area contributed by atoms with Crippen molar-refractivity contribution < 1.29 is 9.52 Å². The van der Waals surface area contributed by atoms with E-state index in [1.807, 2.05) is 33.8 Å². The number of aliphatic imine (C=N–C) groups is 1. The molecule has 146 valence electrons. The van der Waals surface area contributed by atoms with Crippen molar-refractivity contribution in [3.05, 3.63) is 39.2 Å². The van der Waals surface area contributed by atoms with Crippen molar-refractivity contribution >= 4 is 41.3 Å². The van der Waals surface area contributed by atoms with Gasteiger partial charge in [0.05, 0.1) is 17.2 Å². The van der Waals surface area contributed by atoms with Crippen LogP contribution in [0.2, 0.25) is 0 Å². The van der Waals surface area contributed by atoms with Gasteiger partial charge in [0, 0.05) is 30.5 Å². The number of nitrogens with one attached hydrogen (secondary N) is 2. The predicted molar refractivity (Wildman–Crippen MR) is 118 cm³/mol. The lowest BCUT2D eigenvalue weighted by molar-refractivity contribution is 0.0657. The number of hydrogen-bond donors (Lipinski definition) is 3. The molecule has 2 heterocycles. The van der Waals surface area contributed by atoms with E-state index in [-0.39, 0.29) is 30.5 Å². The second-order valence-electron chi connectivity index (χ2n) is 6.33. The average Bonchev–Trinajstić information content (AvgIpc) is 3.10. The molecule has 0 saturated carbocycles. The fourth-order valence-corrected chi connectivity index (χ4v) is 3.30. The molecule has 0 aromatic carbocycles. The maximum atomic E-state index is 10.8. The van der Waals surface area contributed by atoms with Gasteiger partial charge in [-0.25, -0.2) is 9.98 Å². The molecule has 0 aliphatic heterocycles. The summed E-state index contributed by atoms with van der Waals surface area (Å²) < 4.78 is 5.53. The number of thiazole rings is 1. The van der Waals surface area contributed by atoms with Gasteiger partial charge in [0.15, 0.2) is 5.96 Å². The Morgan fingerprint density at radius 3 is 2.62 bits per heavy atom. The van der Waals surface area contributed by atoms with Crippen LogP contribution < -0.4 is 10.6 Å². The van der Waals surface area contributed by atoms with E-state index >= 15 is 0 Å². The fourth-order valence-electron chi connectivity index (χ4n) is 2.66. The van der Waals surface area contributed by atoms with E-state index in [0.717, 1.165) is 47.3 Å². The van der Waals surface area contributed by atoms with Gasteiger partial charge in [-0.2, -0.15) is 0 Å². The molecule has 0 bridgehead atoms. The largest absolute Gasteiger partial charge is 0.466 e. The Morgan fingerprint density at radius 2 is 2.08 bits per heavy atom. The van der Waals surface area contributed by atoms with Crippen LogP contribution in [0.15, 0.2) is 20.9 Å². The zero-order valence-electron chi connectivity index (χ0n) is 16.0. The molecular weight excluding hydrogens is 463 g/mol. The quantitative estimate of drug-likeness (QED) is 0.314. The van der Waals surface area contributed by atoms with Crippen LogP contribution in [0.3, 0.4) is 0 Å². The van der Waals surface area contributed by atoms with E-state index < -0.39 is 5.60 Å². The first-order valence-corrected chi connectivity index (χ1v) is 9.43. The molecule has 2 aromatic rings. The molecule has 0 saturated heterocycles. The Labute approximate surface area is 176 Å². The number of aliphatic hydroxyl groups is 1. The lowest BCUT2D eigenvalue weighted by Crippen LogP contribution is -2.39. The third-order valence-electron chi connectivity index (χ3n) is 3.85. The SMILES string of the molecule is CCNC(=NCC(C)(O)c1cc(C)oc1C)NCCc1csc(C)n1.I. The van der Waals surface area contributed by atoms with Crippen LogP contribution >= 0.6 is 35.3 Å². The summed E-state index contributed by atoms with van der Waals surface area (Å²) in [6, 6.07) is 1.87. The summed E-state index contributed by atoms with van der Waals surface area (Å²) in [5.74, 6) is 2.21. The Morgan fingerprint density at radius 1 is 1.35 bits per heavy atom. The third kappa shape index (κ3) is 6.55. The third-order valence-corrected chi connectivity index (χ3v) is 4.67. The van der Waals surface area contributed by atoms with E-state index in [2.05, 4.69) is 26.0 Å². The van der Waals surface area contributed by atoms with Gasteiger partial charge in [-0.1, -0.05) is 0 Å². The first kappa shape index (κ1) is 22.9. The van der Waals surface area contributed by atoms with Crippen LogP contribution in [0.25, 0.3) is 0 Å². The first-order valence-electron chi connectivity index (χ1n) is 8.55. The highest BCUT2D eigenvalue weighted by atomic mass is 127. The molecule has 0 fully saturated rings. The van der Waals surface area contributed by atoms with Crippen LogP contribution in [0, 0.1) is 20.8 Å². The van der Waals surface area contributed by atoms with Gasteiger partial charge in [-0.3, -0.25) is 0 Å². The van der Waals surface area contributed by atoms with Crippen LogP contribution in [0.4, 0.5) is 0 Å². The second-order valence-corrected chi connectivity index (χ2v) is 7.39. The number of aryl methyl sites for hydroxylation is 3. The summed E-state index contributed by atoms with van der Waals surface area (Å²) in [4.78, 5) is 8.99. The molecule has 6 nitrogen and oxygen atoms in total. The molecule has 3 N–H and O–H groups in total. The minimum absolute atomic E-state index is 0. The summed E-state index contributed by atoms with van der Waals surface area (Å²) >= 11 is 1.66. The van der Waals surface area contributed by atoms with Gasteiger partial charge in [0.25, 0.3) is 0 Å².